The largest absolute Gasteiger partial charge is 0.475 e. The molecule has 3 N–H and O–H groups in total. The summed E-state index contributed by atoms with van der Waals surface area (Å²) in [5, 5.41) is 9.38. The summed E-state index contributed by atoms with van der Waals surface area (Å²) in [5.41, 5.74) is 6.93. The molecule has 36 heavy (non-hydrogen) atoms. The number of fused-ring (bicyclic) bond motifs is 1. The van der Waals surface area contributed by atoms with Crippen molar-refractivity contribution in [3.05, 3.63) is 94.6 Å². The van der Waals surface area contributed by atoms with Gasteiger partial charge >= 0.3 is 5.97 Å². The Morgan fingerprint density at radius 2 is 1.67 bits per heavy atom. The average molecular weight is 485 g/mol. The maximum absolute atomic E-state index is 12.9. The molecule has 0 saturated heterocycles. The molecule has 1 amide bonds. The summed E-state index contributed by atoms with van der Waals surface area (Å²) in [6.45, 7) is 3.40. The Kier molecular flexibility index (Phi) is 6.64. The number of ketones is 2. The van der Waals surface area contributed by atoms with Crippen LogP contribution in [0.4, 0.5) is 0 Å². The van der Waals surface area contributed by atoms with Crippen LogP contribution in [0.5, 0.6) is 11.5 Å². The van der Waals surface area contributed by atoms with E-state index in [1.807, 2.05) is 54.6 Å². The molecule has 2 heterocycles. The molecule has 2 aromatic carbocycles. The van der Waals surface area contributed by atoms with Crippen molar-refractivity contribution in [3.63, 3.8) is 0 Å². The minimum atomic E-state index is -1.73. The van der Waals surface area contributed by atoms with E-state index in [0.717, 1.165) is 5.56 Å². The highest BCUT2D eigenvalue weighted by Crippen LogP contribution is 2.33. The van der Waals surface area contributed by atoms with Crippen LogP contribution in [0.2, 0.25) is 0 Å². The predicted octanol–water partition coefficient (Wildman–Crippen LogP) is 3.52. The third-order valence-corrected chi connectivity index (χ3v) is 5.76. The van der Waals surface area contributed by atoms with Crippen LogP contribution >= 0.6 is 0 Å². The number of rotatable bonds is 9. The van der Waals surface area contributed by atoms with Gasteiger partial charge in [0.15, 0.2) is 0 Å². The van der Waals surface area contributed by atoms with Crippen molar-refractivity contribution >= 4 is 29.0 Å². The second-order valence-corrected chi connectivity index (χ2v) is 8.13. The van der Waals surface area contributed by atoms with Gasteiger partial charge in [-0.1, -0.05) is 43.3 Å². The number of aliphatic carboxylic acids is 1. The first-order valence-corrected chi connectivity index (χ1v) is 11.2. The third-order valence-electron chi connectivity index (χ3n) is 5.76. The molecule has 0 spiro atoms. The zero-order valence-corrected chi connectivity index (χ0v) is 19.6. The molecule has 0 radical (unpaired) electrons. The fourth-order valence-corrected chi connectivity index (χ4v) is 4.25. The van der Waals surface area contributed by atoms with E-state index in [9.17, 15) is 24.3 Å². The molecule has 0 aliphatic heterocycles. The number of aromatic nitrogens is 2. The van der Waals surface area contributed by atoms with Gasteiger partial charge in [-0.2, -0.15) is 0 Å². The summed E-state index contributed by atoms with van der Waals surface area (Å²) >= 11 is 0. The van der Waals surface area contributed by atoms with Crippen LogP contribution < -0.4 is 10.5 Å². The number of benzene rings is 2. The van der Waals surface area contributed by atoms with Gasteiger partial charge < -0.3 is 20.0 Å². The lowest BCUT2D eigenvalue weighted by molar-refractivity contribution is -0.131. The van der Waals surface area contributed by atoms with Crippen molar-refractivity contribution < 1.29 is 29.0 Å². The Morgan fingerprint density at radius 3 is 2.31 bits per heavy atom. The van der Waals surface area contributed by atoms with Crippen LogP contribution in [0.15, 0.2) is 60.8 Å². The first-order valence-electron chi connectivity index (χ1n) is 11.2. The molecule has 9 heteroatoms. The predicted molar refractivity (Wildman–Crippen MR) is 131 cm³/mol. The standard InChI is InChI=1S/C27H23N3O6/c1-3-18-19(13-16-9-7-8-12-20(16)36-17-10-5-4-6-11-17)30-14-15(2)29-22(25(32)27(34)35)23(30)21(18)24(31)26(28)33/h4-12,14H,3,13H2,1-2H3,(H2,28,33)(H,34,35). The molecule has 2 aromatic heterocycles. The van der Waals surface area contributed by atoms with E-state index < -0.39 is 29.1 Å². The molecule has 0 unspecified atom stereocenters. The monoisotopic (exact) mass is 485 g/mol. The topological polar surface area (TPSA) is 141 Å². The summed E-state index contributed by atoms with van der Waals surface area (Å²) < 4.78 is 7.64. The highest BCUT2D eigenvalue weighted by molar-refractivity contribution is 6.46. The van der Waals surface area contributed by atoms with Crippen LogP contribution in [0, 0.1) is 6.92 Å². The van der Waals surface area contributed by atoms with Crippen molar-refractivity contribution in [1.29, 1.82) is 0 Å². The van der Waals surface area contributed by atoms with Crippen molar-refractivity contribution in [2.24, 2.45) is 5.73 Å². The number of nitrogens with zero attached hydrogens (tertiary/aromatic N) is 2. The Morgan fingerprint density at radius 1 is 1.00 bits per heavy atom. The normalized spacial score (nSPS) is 10.8. The maximum atomic E-state index is 12.9. The highest BCUT2D eigenvalue weighted by Gasteiger charge is 2.31. The number of carbonyl (C=O) groups is 4. The van der Waals surface area contributed by atoms with Gasteiger partial charge in [0, 0.05) is 23.9 Å². The van der Waals surface area contributed by atoms with Gasteiger partial charge in [-0.3, -0.25) is 14.4 Å². The Bertz CT molecular complexity index is 1520. The number of nitrogens with two attached hydrogens (primary N) is 1. The number of carboxylic acid groups (broad SMARTS) is 1. The van der Waals surface area contributed by atoms with E-state index >= 15 is 0 Å². The van der Waals surface area contributed by atoms with E-state index in [4.69, 9.17) is 10.5 Å². The van der Waals surface area contributed by atoms with Gasteiger partial charge in [-0.15, -0.1) is 0 Å². The molecule has 0 bridgehead atoms. The summed E-state index contributed by atoms with van der Waals surface area (Å²) in [6, 6.07) is 16.6. The Hall–Kier alpha value is -4.79. The zero-order chi connectivity index (χ0) is 26.0. The fourth-order valence-electron chi connectivity index (χ4n) is 4.25. The van der Waals surface area contributed by atoms with Gasteiger partial charge in [-0.25, -0.2) is 9.78 Å². The molecule has 0 atom stereocenters. The minimum absolute atomic E-state index is 0.0508. The molecule has 9 nitrogen and oxygen atoms in total. The zero-order valence-electron chi connectivity index (χ0n) is 19.6. The molecular formula is C27H23N3O6. The second kappa shape index (κ2) is 9.83. The quantitative estimate of drug-likeness (QED) is 0.273. The van der Waals surface area contributed by atoms with Gasteiger partial charge in [0.1, 0.15) is 17.2 Å². The maximum Gasteiger partial charge on any atom is 0.379 e. The van der Waals surface area contributed by atoms with Gasteiger partial charge in [0.2, 0.25) is 0 Å². The molecule has 4 rings (SSSR count). The van der Waals surface area contributed by atoms with Crippen molar-refractivity contribution in [3.8, 4) is 11.5 Å². The van der Waals surface area contributed by atoms with Gasteiger partial charge in [-0.05, 0) is 37.1 Å². The third kappa shape index (κ3) is 4.46. The lowest BCUT2D eigenvalue weighted by atomic mass is 9.98. The van der Waals surface area contributed by atoms with Crippen molar-refractivity contribution in [2.45, 2.75) is 26.7 Å². The number of aryl methyl sites for hydroxylation is 1. The lowest BCUT2D eigenvalue weighted by Crippen LogP contribution is -2.25. The molecule has 0 aliphatic rings. The van der Waals surface area contributed by atoms with Crippen LogP contribution in [0.25, 0.3) is 5.52 Å². The average Bonchev–Trinajstić information content (AvgIpc) is 3.17. The highest BCUT2D eigenvalue weighted by atomic mass is 16.5. The molecule has 0 aliphatic carbocycles. The van der Waals surface area contributed by atoms with Crippen molar-refractivity contribution in [1.82, 2.24) is 9.38 Å². The number of hydrogen-bond donors (Lipinski definition) is 2. The molecule has 4 aromatic rings. The molecule has 0 saturated carbocycles. The minimum Gasteiger partial charge on any atom is -0.475 e. The number of ether oxygens (including phenoxy) is 1. The number of carbonyl (C=O) groups excluding carboxylic acids is 3. The fraction of sp³-hybridized carbons (Fsp3) is 0.148. The first-order chi connectivity index (χ1) is 17.2. The van der Waals surface area contributed by atoms with Crippen LogP contribution in [0.3, 0.4) is 0 Å². The number of primary amides is 1. The Labute approximate surface area is 206 Å². The molecule has 0 fully saturated rings. The summed E-state index contributed by atoms with van der Waals surface area (Å²) in [6.07, 6.45) is 2.16. The number of Topliss-reactive ketones (excluding diaryl/α,β-unsaturated/α-hetero) is 2. The van der Waals surface area contributed by atoms with Gasteiger partial charge in [0.25, 0.3) is 17.5 Å². The van der Waals surface area contributed by atoms with Crippen LogP contribution in [-0.2, 0) is 22.4 Å². The number of amides is 1. The van der Waals surface area contributed by atoms with E-state index in [-0.39, 0.29) is 17.5 Å². The number of carboxylic acids is 1. The lowest BCUT2D eigenvalue weighted by Gasteiger charge is -2.13. The Balaban J connectivity index is 1.98. The second-order valence-electron chi connectivity index (χ2n) is 8.13. The van der Waals surface area contributed by atoms with E-state index in [0.29, 0.717) is 34.9 Å². The first kappa shape index (κ1) is 24.3. The SMILES string of the molecule is CCc1c(C(=O)C(N)=O)c2c(C(=O)C(=O)O)nc(C)cn2c1Cc1ccccc1Oc1ccccc1. The van der Waals surface area contributed by atoms with Crippen LogP contribution in [-0.4, -0.2) is 37.9 Å². The molecular weight excluding hydrogens is 462 g/mol. The smallest absolute Gasteiger partial charge is 0.379 e. The van der Waals surface area contributed by atoms with Gasteiger partial charge in [0.05, 0.1) is 16.8 Å². The number of hydrogen-bond acceptors (Lipinski definition) is 6. The van der Waals surface area contributed by atoms with Crippen LogP contribution in [0.1, 0.15) is 50.3 Å². The van der Waals surface area contributed by atoms with E-state index in [2.05, 4.69) is 4.98 Å². The molecule has 182 valence electrons. The summed E-state index contributed by atoms with van der Waals surface area (Å²) in [7, 11) is 0. The number of para-hydroxylation sites is 2. The summed E-state index contributed by atoms with van der Waals surface area (Å²) in [4.78, 5) is 53.1. The van der Waals surface area contributed by atoms with E-state index in [1.165, 1.54) is 0 Å². The van der Waals surface area contributed by atoms with Crippen molar-refractivity contribution in [2.75, 3.05) is 0 Å². The van der Waals surface area contributed by atoms with E-state index in [1.54, 1.807) is 24.4 Å². The summed E-state index contributed by atoms with van der Waals surface area (Å²) in [5.74, 6) is -4.03.